The number of sulfonamides is 1. The van der Waals surface area contributed by atoms with E-state index in [1.54, 1.807) is 12.1 Å². The second-order valence-electron chi connectivity index (χ2n) is 3.98. The van der Waals surface area contributed by atoms with Gasteiger partial charge in [0.2, 0.25) is 0 Å². The zero-order valence-corrected chi connectivity index (χ0v) is 13.4. The van der Waals surface area contributed by atoms with E-state index in [9.17, 15) is 18.5 Å². The molecule has 0 bridgehead atoms. The van der Waals surface area contributed by atoms with E-state index in [4.69, 9.17) is 11.6 Å². The Labute approximate surface area is 134 Å². The number of anilines is 1. The van der Waals surface area contributed by atoms with Crippen molar-refractivity contribution in [2.45, 2.75) is 4.90 Å². The number of benzene rings is 2. The fourth-order valence-corrected chi connectivity index (χ4v) is 3.11. The van der Waals surface area contributed by atoms with Gasteiger partial charge in [0, 0.05) is 10.5 Å². The molecule has 0 spiro atoms. The maximum absolute atomic E-state index is 12.1. The molecule has 2 aromatic rings. The number of hydrogen-bond acceptors (Lipinski definition) is 4. The van der Waals surface area contributed by atoms with E-state index in [0.29, 0.717) is 0 Å². The largest absolute Gasteiger partial charge is 0.288 e. The van der Waals surface area contributed by atoms with Crippen molar-refractivity contribution in [3.63, 3.8) is 0 Å². The fourth-order valence-electron chi connectivity index (χ4n) is 1.55. The second-order valence-corrected chi connectivity index (χ2v) is 6.99. The molecule has 0 fully saturated rings. The van der Waals surface area contributed by atoms with Gasteiger partial charge in [-0.1, -0.05) is 27.5 Å². The van der Waals surface area contributed by atoms with Gasteiger partial charge in [0.1, 0.15) is 5.02 Å². The van der Waals surface area contributed by atoms with Crippen LogP contribution in [0.1, 0.15) is 0 Å². The van der Waals surface area contributed by atoms with Gasteiger partial charge in [-0.15, -0.1) is 0 Å². The average Bonchev–Trinajstić information content (AvgIpc) is 2.38. The van der Waals surface area contributed by atoms with Crippen molar-refractivity contribution in [1.82, 2.24) is 0 Å². The van der Waals surface area contributed by atoms with Crippen LogP contribution in [0.4, 0.5) is 11.4 Å². The van der Waals surface area contributed by atoms with Crippen molar-refractivity contribution < 1.29 is 13.3 Å². The molecule has 0 saturated heterocycles. The minimum absolute atomic E-state index is 0.0696. The Hall–Kier alpha value is -1.64. The molecule has 0 aliphatic carbocycles. The van der Waals surface area contributed by atoms with Gasteiger partial charge < -0.3 is 0 Å². The van der Waals surface area contributed by atoms with Crippen molar-refractivity contribution >= 4 is 48.9 Å². The van der Waals surface area contributed by atoms with E-state index in [0.717, 1.165) is 10.5 Å². The highest BCUT2D eigenvalue weighted by Gasteiger charge is 2.17. The molecule has 0 radical (unpaired) electrons. The van der Waals surface area contributed by atoms with Gasteiger partial charge >= 0.3 is 0 Å². The molecule has 0 amide bonds. The van der Waals surface area contributed by atoms with Crippen LogP contribution in [0.5, 0.6) is 0 Å². The Kier molecular flexibility index (Phi) is 4.50. The van der Waals surface area contributed by atoms with Gasteiger partial charge in [-0.05, 0) is 36.4 Å². The number of nitrogens with zero attached hydrogens (tertiary/aromatic N) is 1. The third-order valence-electron chi connectivity index (χ3n) is 2.52. The molecule has 0 aliphatic heterocycles. The van der Waals surface area contributed by atoms with Crippen molar-refractivity contribution in [2.24, 2.45) is 0 Å². The van der Waals surface area contributed by atoms with Crippen molar-refractivity contribution in [3.8, 4) is 0 Å². The molecule has 1 N–H and O–H groups in total. The highest BCUT2D eigenvalue weighted by atomic mass is 79.9. The van der Waals surface area contributed by atoms with Crippen molar-refractivity contribution in [1.29, 1.82) is 0 Å². The monoisotopic (exact) mass is 390 g/mol. The molecule has 2 rings (SSSR count). The third-order valence-corrected chi connectivity index (χ3v) is 4.75. The third kappa shape index (κ3) is 3.72. The lowest BCUT2D eigenvalue weighted by molar-refractivity contribution is -0.384. The van der Waals surface area contributed by atoms with Gasteiger partial charge in [0.25, 0.3) is 15.7 Å². The minimum atomic E-state index is -3.78. The van der Waals surface area contributed by atoms with Crippen LogP contribution in [0, 0.1) is 10.1 Å². The van der Waals surface area contributed by atoms with Crippen LogP contribution in [0.3, 0.4) is 0 Å². The Morgan fingerprint density at radius 3 is 2.29 bits per heavy atom. The lowest BCUT2D eigenvalue weighted by Crippen LogP contribution is -2.12. The van der Waals surface area contributed by atoms with Crippen molar-refractivity contribution in [3.05, 3.63) is 62.1 Å². The number of nitro benzene ring substituents is 1. The SMILES string of the molecule is O=[N+]([O-])c1ccc(NS(=O)(=O)c2ccc(Br)cc2)cc1Cl. The molecule has 9 heteroatoms. The summed E-state index contributed by atoms with van der Waals surface area (Å²) >= 11 is 8.95. The number of nitrogens with one attached hydrogen (secondary N) is 1. The van der Waals surface area contributed by atoms with Crippen LogP contribution in [0.15, 0.2) is 51.8 Å². The van der Waals surface area contributed by atoms with E-state index in [2.05, 4.69) is 20.7 Å². The van der Waals surface area contributed by atoms with E-state index < -0.39 is 14.9 Å². The van der Waals surface area contributed by atoms with Crippen LogP contribution in [-0.2, 0) is 10.0 Å². The van der Waals surface area contributed by atoms with Crippen LogP contribution in [0.2, 0.25) is 5.02 Å². The molecule has 0 heterocycles. The predicted molar refractivity (Wildman–Crippen MR) is 83.1 cm³/mol. The first kappa shape index (κ1) is 15.7. The Balaban J connectivity index is 2.31. The lowest BCUT2D eigenvalue weighted by Gasteiger charge is -2.08. The predicted octanol–water partition coefficient (Wildman–Crippen LogP) is 3.81. The van der Waals surface area contributed by atoms with Gasteiger partial charge in [-0.3, -0.25) is 14.8 Å². The zero-order chi connectivity index (χ0) is 15.6. The van der Waals surface area contributed by atoms with Gasteiger partial charge in [0.05, 0.1) is 15.5 Å². The zero-order valence-electron chi connectivity index (χ0n) is 10.3. The quantitative estimate of drug-likeness (QED) is 0.634. The summed E-state index contributed by atoms with van der Waals surface area (Å²) in [4.78, 5) is 10.1. The Morgan fingerprint density at radius 2 is 1.76 bits per heavy atom. The van der Waals surface area contributed by atoms with Gasteiger partial charge in [-0.25, -0.2) is 8.42 Å². The molecule has 0 saturated carbocycles. The van der Waals surface area contributed by atoms with Gasteiger partial charge in [0.15, 0.2) is 0 Å². The highest BCUT2D eigenvalue weighted by molar-refractivity contribution is 9.10. The van der Waals surface area contributed by atoms with Crippen LogP contribution in [-0.4, -0.2) is 13.3 Å². The minimum Gasteiger partial charge on any atom is -0.280 e. The van der Waals surface area contributed by atoms with E-state index >= 15 is 0 Å². The smallest absolute Gasteiger partial charge is 0.280 e. The second kappa shape index (κ2) is 6.00. The molecule has 2 aromatic carbocycles. The summed E-state index contributed by atoms with van der Waals surface area (Å²) in [7, 11) is -3.78. The maximum Gasteiger partial charge on any atom is 0.288 e. The van der Waals surface area contributed by atoms with Crippen molar-refractivity contribution in [2.75, 3.05) is 4.72 Å². The fraction of sp³-hybridized carbons (Fsp3) is 0. The number of halogens is 2. The topological polar surface area (TPSA) is 89.3 Å². The molecule has 0 unspecified atom stereocenters. The molecule has 0 aliphatic rings. The summed E-state index contributed by atoms with van der Waals surface area (Å²) < 4.78 is 27.3. The normalized spacial score (nSPS) is 11.1. The summed E-state index contributed by atoms with van der Waals surface area (Å²) in [6.45, 7) is 0. The van der Waals surface area contributed by atoms with Gasteiger partial charge in [-0.2, -0.15) is 0 Å². The van der Waals surface area contributed by atoms with E-state index in [1.807, 2.05) is 0 Å². The first-order valence-electron chi connectivity index (χ1n) is 5.52. The standard InChI is InChI=1S/C12H8BrClN2O4S/c13-8-1-4-10(5-2-8)21(19,20)15-9-3-6-12(16(17)18)11(14)7-9/h1-7,15H. The average molecular weight is 392 g/mol. The Morgan fingerprint density at radius 1 is 1.14 bits per heavy atom. The summed E-state index contributed by atoms with van der Waals surface area (Å²) in [5.74, 6) is 0. The number of hydrogen-bond donors (Lipinski definition) is 1. The molecule has 21 heavy (non-hydrogen) atoms. The lowest BCUT2D eigenvalue weighted by atomic mass is 10.3. The summed E-state index contributed by atoms with van der Waals surface area (Å²) in [6.07, 6.45) is 0. The highest BCUT2D eigenvalue weighted by Crippen LogP contribution is 2.28. The molecule has 0 atom stereocenters. The maximum atomic E-state index is 12.1. The summed E-state index contributed by atoms with van der Waals surface area (Å²) in [6, 6.07) is 9.66. The molecular formula is C12H8BrClN2O4S. The van der Waals surface area contributed by atoms with Crippen LogP contribution >= 0.6 is 27.5 Å². The molecule has 0 aromatic heterocycles. The number of rotatable bonds is 4. The molecule has 6 nitrogen and oxygen atoms in total. The molecular weight excluding hydrogens is 384 g/mol. The summed E-state index contributed by atoms with van der Waals surface area (Å²) in [5.41, 5.74) is -0.142. The van der Waals surface area contributed by atoms with Crippen LogP contribution < -0.4 is 4.72 Å². The molecule has 110 valence electrons. The first-order valence-corrected chi connectivity index (χ1v) is 8.17. The van der Waals surface area contributed by atoms with Crippen LogP contribution in [0.25, 0.3) is 0 Å². The van der Waals surface area contributed by atoms with E-state index in [-0.39, 0.29) is 21.3 Å². The summed E-state index contributed by atoms with van der Waals surface area (Å²) in [5, 5.41) is 10.5. The first-order chi connectivity index (χ1) is 9.79. The Bertz CT molecular complexity index is 793. The van der Waals surface area contributed by atoms with E-state index in [1.165, 1.54) is 24.3 Å². The number of nitro groups is 1.